The molecule has 0 spiro atoms. The minimum Gasteiger partial charge on any atom is -0.497 e. The molecule has 1 N–H and O–H groups in total. The number of anilines is 1. The third-order valence-electron chi connectivity index (χ3n) is 3.68. The maximum absolute atomic E-state index is 14.4. The zero-order chi connectivity index (χ0) is 17.8. The molecule has 0 aliphatic heterocycles. The quantitative estimate of drug-likeness (QED) is 0.773. The number of carbonyl (C=O) groups excluding carboxylic acids is 1. The number of ether oxygens (including phenoxy) is 1. The zero-order valence-electron chi connectivity index (χ0n) is 13.9. The van der Waals surface area contributed by atoms with E-state index in [4.69, 9.17) is 4.74 Å². The first kappa shape index (κ1) is 16.6. The minimum absolute atomic E-state index is 0.205. The Morgan fingerprint density at radius 1 is 1.32 bits per heavy atom. The molecule has 6 nitrogen and oxygen atoms in total. The molecule has 0 radical (unpaired) electrons. The lowest BCUT2D eigenvalue weighted by molar-refractivity contribution is 0.102. The van der Waals surface area contributed by atoms with Gasteiger partial charge in [-0.1, -0.05) is 0 Å². The molecule has 2 heterocycles. The monoisotopic (exact) mass is 340 g/mol. The molecule has 0 bridgehead atoms. The lowest BCUT2D eigenvalue weighted by Crippen LogP contribution is -2.13. The van der Waals surface area contributed by atoms with Crippen molar-refractivity contribution in [1.29, 1.82) is 0 Å². The molecule has 128 valence electrons. The minimum atomic E-state index is -0.437. The first-order valence-electron chi connectivity index (χ1n) is 7.75. The maximum atomic E-state index is 14.4. The summed E-state index contributed by atoms with van der Waals surface area (Å²) in [6, 6.07) is 9.60. The van der Waals surface area contributed by atoms with Crippen molar-refractivity contribution >= 4 is 11.6 Å². The van der Waals surface area contributed by atoms with Gasteiger partial charge in [-0.2, -0.15) is 5.10 Å². The Morgan fingerprint density at radius 3 is 2.80 bits per heavy atom. The standard InChI is InChI=1S/C18H17FN4O2/c1-3-23-17(14-7-6-13(25-2)9-15(14)19)10-16(22-23)18(24)21-12-5-4-8-20-11-12/h4-11H,3H2,1-2H3,(H,21,24). The van der Waals surface area contributed by atoms with E-state index in [1.807, 2.05) is 6.92 Å². The van der Waals surface area contributed by atoms with Crippen LogP contribution < -0.4 is 10.1 Å². The summed E-state index contributed by atoms with van der Waals surface area (Å²) in [5, 5.41) is 6.99. The van der Waals surface area contributed by atoms with E-state index < -0.39 is 5.82 Å². The van der Waals surface area contributed by atoms with E-state index in [2.05, 4.69) is 15.4 Å². The molecular weight excluding hydrogens is 323 g/mol. The molecule has 0 unspecified atom stereocenters. The largest absolute Gasteiger partial charge is 0.497 e. The van der Waals surface area contributed by atoms with Crippen LogP contribution in [0.25, 0.3) is 11.3 Å². The van der Waals surface area contributed by atoms with E-state index in [0.717, 1.165) is 0 Å². The van der Waals surface area contributed by atoms with Gasteiger partial charge in [0.2, 0.25) is 0 Å². The molecule has 0 aliphatic carbocycles. The second-order valence-electron chi connectivity index (χ2n) is 5.27. The van der Waals surface area contributed by atoms with Gasteiger partial charge in [-0.05, 0) is 37.3 Å². The fourth-order valence-electron chi connectivity index (χ4n) is 2.45. The summed E-state index contributed by atoms with van der Waals surface area (Å²) in [5.41, 5.74) is 1.65. The van der Waals surface area contributed by atoms with Crippen molar-refractivity contribution in [3.05, 3.63) is 60.3 Å². The van der Waals surface area contributed by atoms with E-state index in [0.29, 0.717) is 29.2 Å². The Balaban J connectivity index is 1.93. The summed E-state index contributed by atoms with van der Waals surface area (Å²) >= 11 is 0. The average molecular weight is 340 g/mol. The van der Waals surface area contributed by atoms with Gasteiger partial charge in [-0.15, -0.1) is 0 Å². The number of hydrogen-bond donors (Lipinski definition) is 1. The van der Waals surface area contributed by atoms with Gasteiger partial charge < -0.3 is 10.1 Å². The summed E-state index contributed by atoms with van der Waals surface area (Å²) in [5.74, 6) is -0.387. The third kappa shape index (κ3) is 3.50. The molecule has 25 heavy (non-hydrogen) atoms. The van der Waals surface area contributed by atoms with E-state index in [1.165, 1.54) is 13.2 Å². The molecule has 1 aromatic carbocycles. The van der Waals surface area contributed by atoms with E-state index in [-0.39, 0.29) is 11.6 Å². The number of nitrogens with one attached hydrogen (secondary N) is 1. The number of aromatic nitrogens is 3. The highest BCUT2D eigenvalue weighted by atomic mass is 19.1. The summed E-state index contributed by atoms with van der Waals surface area (Å²) in [7, 11) is 1.48. The number of amides is 1. The van der Waals surface area contributed by atoms with Gasteiger partial charge in [0.25, 0.3) is 5.91 Å². The lowest BCUT2D eigenvalue weighted by Gasteiger charge is -2.07. The molecule has 0 atom stereocenters. The normalized spacial score (nSPS) is 10.5. The molecule has 0 fully saturated rings. The molecule has 2 aromatic heterocycles. The van der Waals surface area contributed by atoms with E-state index >= 15 is 0 Å². The van der Waals surface area contributed by atoms with Crippen LogP contribution in [-0.2, 0) is 6.54 Å². The van der Waals surface area contributed by atoms with Crippen molar-refractivity contribution in [3.8, 4) is 17.0 Å². The summed E-state index contributed by atoms with van der Waals surface area (Å²) in [6.07, 6.45) is 3.16. The first-order valence-corrected chi connectivity index (χ1v) is 7.75. The topological polar surface area (TPSA) is 69.0 Å². The summed E-state index contributed by atoms with van der Waals surface area (Å²) < 4.78 is 21.0. The molecule has 3 aromatic rings. The van der Waals surface area contributed by atoms with Crippen LogP contribution in [0.5, 0.6) is 5.75 Å². The smallest absolute Gasteiger partial charge is 0.276 e. The van der Waals surface area contributed by atoms with Crippen molar-refractivity contribution in [3.63, 3.8) is 0 Å². The highest BCUT2D eigenvalue weighted by Gasteiger charge is 2.17. The maximum Gasteiger partial charge on any atom is 0.276 e. The number of methoxy groups -OCH3 is 1. The Bertz CT molecular complexity index is 893. The van der Waals surface area contributed by atoms with Crippen molar-refractivity contribution < 1.29 is 13.9 Å². The fourth-order valence-corrected chi connectivity index (χ4v) is 2.45. The molecule has 0 saturated heterocycles. The lowest BCUT2D eigenvalue weighted by atomic mass is 10.1. The number of carbonyl (C=O) groups is 1. The number of rotatable bonds is 5. The van der Waals surface area contributed by atoms with Gasteiger partial charge in [-0.3, -0.25) is 14.5 Å². The van der Waals surface area contributed by atoms with Gasteiger partial charge in [0, 0.05) is 24.4 Å². The van der Waals surface area contributed by atoms with Gasteiger partial charge in [0.1, 0.15) is 11.6 Å². The van der Waals surface area contributed by atoms with Gasteiger partial charge in [0.15, 0.2) is 5.69 Å². The average Bonchev–Trinajstić information content (AvgIpc) is 3.06. The Morgan fingerprint density at radius 2 is 2.16 bits per heavy atom. The first-order chi connectivity index (χ1) is 12.1. The third-order valence-corrected chi connectivity index (χ3v) is 3.68. The van der Waals surface area contributed by atoms with Crippen molar-refractivity contribution in [2.75, 3.05) is 12.4 Å². The molecule has 1 amide bonds. The SMILES string of the molecule is CCn1nc(C(=O)Nc2cccnc2)cc1-c1ccc(OC)cc1F. The number of halogens is 1. The van der Waals surface area contributed by atoms with Crippen molar-refractivity contribution in [2.45, 2.75) is 13.5 Å². The number of aryl methyl sites for hydroxylation is 1. The van der Waals surface area contributed by atoms with Crippen LogP contribution in [0.1, 0.15) is 17.4 Å². The highest BCUT2D eigenvalue weighted by molar-refractivity contribution is 6.03. The Kier molecular flexibility index (Phi) is 4.74. The Labute approximate surface area is 144 Å². The van der Waals surface area contributed by atoms with Crippen molar-refractivity contribution in [2.24, 2.45) is 0 Å². The van der Waals surface area contributed by atoms with E-state index in [9.17, 15) is 9.18 Å². The summed E-state index contributed by atoms with van der Waals surface area (Å²) in [4.78, 5) is 16.3. The van der Waals surface area contributed by atoms with Gasteiger partial charge >= 0.3 is 0 Å². The van der Waals surface area contributed by atoms with Crippen LogP contribution in [0.3, 0.4) is 0 Å². The van der Waals surface area contributed by atoms with E-state index in [1.54, 1.807) is 47.4 Å². The van der Waals surface area contributed by atoms with Crippen LogP contribution >= 0.6 is 0 Å². The number of benzene rings is 1. The van der Waals surface area contributed by atoms with Crippen LogP contribution in [0, 0.1) is 5.82 Å². The Hall–Kier alpha value is -3.22. The second-order valence-corrected chi connectivity index (χ2v) is 5.27. The van der Waals surface area contributed by atoms with Crippen LogP contribution in [0.2, 0.25) is 0 Å². The summed E-state index contributed by atoms with van der Waals surface area (Å²) in [6.45, 7) is 2.38. The van der Waals surface area contributed by atoms with Gasteiger partial charge in [-0.25, -0.2) is 4.39 Å². The fraction of sp³-hybridized carbons (Fsp3) is 0.167. The predicted molar refractivity (Wildman–Crippen MR) is 92.0 cm³/mol. The molecular formula is C18H17FN4O2. The molecule has 0 saturated carbocycles. The second kappa shape index (κ2) is 7.12. The highest BCUT2D eigenvalue weighted by Crippen LogP contribution is 2.27. The molecule has 7 heteroatoms. The zero-order valence-corrected chi connectivity index (χ0v) is 13.9. The van der Waals surface area contributed by atoms with Gasteiger partial charge in [0.05, 0.1) is 24.7 Å². The molecule has 3 rings (SSSR count). The van der Waals surface area contributed by atoms with Crippen LogP contribution in [-0.4, -0.2) is 27.8 Å². The number of hydrogen-bond acceptors (Lipinski definition) is 4. The predicted octanol–water partition coefficient (Wildman–Crippen LogP) is 3.37. The number of pyridine rings is 1. The van der Waals surface area contributed by atoms with Crippen LogP contribution in [0.4, 0.5) is 10.1 Å². The van der Waals surface area contributed by atoms with Crippen molar-refractivity contribution in [1.82, 2.24) is 14.8 Å². The molecule has 0 aliphatic rings. The van der Waals surface area contributed by atoms with Crippen LogP contribution in [0.15, 0.2) is 48.8 Å². The number of nitrogens with zero attached hydrogens (tertiary/aromatic N) is 3.